The van der Waals surface area contributed by atoms with E-state index >= 15 is 0 Å². The van der Waals surface area contributed by atoms with E-state index in [0.29, 0.717) is 6.54 Å². The Morgan fingerprint density at radius 1 is 0.909 bits per heavy atom. The zero-order chi connectivity index (χ0) is 23.4. The van der Waals surface area contributed by atoms with Crippen LogP contribution in [0.15, 0.2) is 66.8 Å². The van der Waals surface area contributed by atoms with Crippen molar-refractivity contribution < 1.29 is 0 Å². The Kier molecular flexibility index (Phi) is 6.96. The van der Waals surface area contributed by atoms with Crippen molar-refractivity contribution in [3.05, 3.63) is 94.6 Å². The van der Waals surface area contributed by atoms with Crippen molar-refractivity contribution in [1.82, 2.24) is 4.90 Å². The molecule has 0 amide bonds. The molecule has 0 unspecified atom stereocenters. The van der Waals surface area contributed by atoms with Gasteiger partial charge in [-0.25, -0.2) is 0 Å². The van der Waals surface area contributed by atoms with Gasteiger partial charge in [-0.2, -0.15) is 5.26 Å². The molecule has 0 radical (unpaired) electrons. The van der Waals surface area contributed by atoms with E-state index in [4.69, 9.17) is 0 Å². The molecule has 0 bridgehead atoms. The summed E-state index contributed by atoms with van der Waals surface area (Å²) in [7, 11) is 4.10. The molecule has 0 atom stereocenters. The maximum Gasteiger partial charge on any atom is 0.0871 e. The Labute approximate surface area is 198 Å². The van der Waals surface area contributed by atoms with Crippen molar-refractivity contribution in [3.63, 3.8) is 0 Å². The van der Waals surface area contributed by atoms with E-state index in [1.807, 2.05) is 13.8 Å². The van der Waals surface area contributed by atoms with E-state index in [2.05, 4.69) is 96.7 Å². The molecule has 0 N–H and O–H groups in total. The molecule has 5 rings (SSSR count). The lowest BCUT2D eigenvalue weighted by atomic mass is 9.80. The smallest absolute Gasteiger partial charge is 0.0871 e. The minimum absolute atomic E-state index is 0.420. The van der Waals surface area contributed by atoms with E-state index in [1.54, 1.807) is 0 Å². The number of nitrogens with zero attached hydrogens (tertiary/aromatic N) is 3. The van der Waals surface area contributed by atoms with Crippen LogP contribution in [-0.2, 0) is 25.9 Å². The van der Waals surface area contributed by atoms with Crippen LogP contribution in [0.4, 0.5) is 5.69 Å². The first kappa shape index (κ1) is 22.8. The summed E-state index contributed by atoms with van der Waals surface area (Å²) in [5, 5.41) is 12.2. The van der Waals surface area contributed by atoms with Crippen molar-refractivity contribution in [3.8, 4) is 6.07 Å². The van der Waals surface area contributed by atoms with Gasteiger partial charge in [0.2, 0.25) is 0 Å². The summed E-state index contributed by atoms with van der Waals surface area (Å²) in [4.78, 5) is 4.35. The first-order valence-corrected chi connectivity index (χ1v) is 11.9. The van der Waals surface area contributed by atoms with Gasteiger partial charge in [-0.3, -0.25) is 4.90 Å². The Balaban J connectivity index is 0.00000126. The average molecular weight is 436 g/mol. The molecule has 3 aromatic rings. The van der Waals surface area contributed by atoms with Crippen LogP contribution >= 0.6 is 0 Å². The van der Waals surface area contributed by atoms with Gasteiger partial charge >= 0.3 is 0 Å². The normalized spacial score (nSPS) is 13.3. The minimum Gasteiger partial charge on any atom is -0.378 e. The molecule has 0 heterocycles. The fraction of sp³-hybridized carbons (Fsp3) is 0.300. The molecule has 3 nitrogen and oxygen atoms in total. The SMILES string of the molecule is CC.CN(C)c1ccc(CN(CC#N)Cc2ccc3ccc4c5c3c2CC=C5C=CC4)cc1. The summed E-state index contributed by atoms with van der Waals surface area (Å²) in [5.41, 5.74) is 9.41. The Bertz CT molecular complexity index is 1240. The van der Waals surface area contributed by atoms with Crippen LogP contribution in [0, 0.1) is 11.3 Å². The van der Waals surface area contributed by atoms with Gasteiger partial charge in [-0.15, -0.1) is 0 Å². The van der Waals surface area contributed by atoms with Gasteiger partial charge in [0.05, 0.1) is 12.6 Å². The van der Waals surface area contributed by atoms with Crippen LogP contribution in [0.1, 0.15) is 41.7 Å². The number of benzene rings is 3. The van der Waals surface area contributed by atoms with E-state index in [1.165, 1.54) is 49.9 Å². The number of rotatable bonds is 6. The summed E-state index contributed by atoms with van der Waals surface area (Å²) in [6, 6.07) is 20.1. The van der Waals surface area contributed by atoms with Gasteiger partial charge in [-0.1, -0.05) is 68.5 Å². The summed E-state index contributed by atoms with van der Waals surface area (Å²) < 4.78 is 0. The van der Waals surface area contributed by atoms with Crippen molar-refractivity contribution in [2.24, 2.45) is 0 Å². The Morgan fingerprint density at radius 2 is 1.67 bits per heavy atom. The highest BCUT2D eigenvalue weighted by molar-refractivity contribution is 6.02. The summed E-state index contributed by atoms with van der Waals surface area (Å²) in [5.74, 6) is 0. The number of hydrogen-bond donors (Lipinski definition) is 0. The van der Waals surface area contributed by atoms with Crippen LogP contribution in [0.25, 0.3) is 16.3 Å². The molecule has 0 saturated heterocycles. The molecule has 2 aliphatic rings. The zero-order valence-corrected chi connectivity index (χ0v) is 20.2. The summed E-state index contributed by atoms with van der Waals surface area (Å²) >= 11 is 0. The third-order valence-electron chi connectivity index (χ3n) is 6.47. The van der Waals surface area contributed by atoms with E-state index in [0.717, 1.165) is 25.9 Å². The van der Waals surface area contributed by atoms with Gasteiger partial charge in [0.15, 0.2) is 0 Å². The highest BCUT2D eigenvalue weighted by Gasteiger charge is 2.22. The molecular formula is C30H33N3. The predicted molar refractivity (Wildman–Crippen MR) is 140 cm³/mol. The van der Waals surface area contributed by atoms with Crippen molar-refractivity contribution >= 4 is 22.0 Å². The van der Waals surface area contributed by atoms with Gasteiger partial charge in [-0.05, 0) is 69.1 Å². The molecule has 33 heavy (non-hydrogen) atoms. The molecule has 0 aromatic heterocycles. The maximum absolute atomic E-state index is 9.46. The second kappa shape index (κ2) is 10.1. The molecule has 0 saturated carbocycles. The topological polar surface area (TPSA) is 30.3 Å². The highest BCUT2D eigenvalue weighted by atomic mass is 15.1. The first-order valence-electron chi connectivity index (χ1n) is 11.9. The molecular weight excluding hydrogens is 402 g/mol. The van der Waals surface area contributed by atoms with Crippen LogP contribution in [0.2, 0.25) is 0 Å². The third-order valence-corrected chi connectivity index (χ3v) is 6.47. The molecule has 3 aromatic carbocycles. The molecule has 168 valence electrons. The number of allylic oxidation sites excluding steroid dienone is 4. The number of nitriles is 1. The molecule has 2 aliphatic carbocycles. The number of anilines is 1. The molecule has 0 aliphatic heterocycles. The van der Waals surface area contributed by atoms with Crippen LogP contribution in [-0.4, -0.2) is 25.5 Å². The fourth-order valence-corrected chi connectivity index (χ4v) is 4.90. The second-order valence-corrected chi connectivity index (χ2v) is 8.74. The first-order chi connectivity index (χ1) is 16.1. The van der Waals surface area contributed by atoms with Crippen molar-refractivity contribution in [1.29, 1.82) is 5.26 Å². The highest BCUT2D eigenvalue weighted by Crippen LogP contribution is 2.40. The van der Waals surface area contributed by atoms with E-state index < -0.39 is 0 Å². The second-order valence-electron chi connectivity index (χ2n) is 8.74. The van der Waals surface area contributed by atoms with Crippen LogP contribution in [0.5, 0.6) is 0 Å². The summed E-state index contributed by atoms with van der Waals surface area (Å²) in [6.45, 7) is 5.98. The average Bonchev–Trinajstić information content (AvgIpc) is 2.85. The lowest BCUT2D eigenvalue weighted by Crippen LogP contribution is -2.24. The summed E-state index contributed by atoms with van der Waals surface area (Å²) in [6.07, 6.45) is 8.88. The lowest BCUT2D eigenvalue weighted by molar-refractivity contribution is 0.289. The van der Waals surface area contributed by atoms with Crippen molar-refractivity contribution in [2.45, 2.75) is 39.8 Å². The minimum atomic E-state index is 0.420. The Hall–Kier alpha value is -3.35. The monoisotopic (exact) mass is 435 g/mol. The van der Waals surface area contributed by atoms with Crippen molar-refractivity contribution in [2.75, 3.05) is 25.5 Å². The fourth-order valence-electron chi connectivity index (χ4n) is 4.90. The number of hydrogen-bond acceptors (Lipinski definition) is 3. The maximum atomic E-state index is 9.46. The lowest BCUT2D eigenvalue weighted by Gasteiger charge is -2.27. The zero-order valence-electron chi connectivity index (χ0n) is 20.2. The van der Waals surface area contributed by atoms with Crippen LogP contribution < -0.4 is 4.90 Å². The predicted octanol–water partition coefficient (Wildman–Crippen LogP) is 6.51. The Morgan fingerprint density at radius 3 is 2.39 bits per heavy atom. The molecule has 0 fully saturated rings. The van der Waals surface area contributed by atoms with Gasteiger partial charge < -0.3 is 4.90 Å². The van der Waals surface area contributed by atoms with Gasteiger partial charge in [0.1, 0.15) is 0 Å². The van der Waals surface area contributed by atoms with Gasteiger partial charge in [0.25, 0.3) is 0 Å². The largest absolute Gasteiger partial charge is 0.378 e. The molecule has 3 heteroatoms. The quantitative estimate of drug-likeness (QED) is 0.414. The third kappa shape index (κ3) is 4.58. The van der Waals surface area contributed by atoms with Gasteiger partial charge in [0, 0.05) is 32.9 Å². The molecule has 0 spiro atoms. The van der Waals surface area contributed by atoms with E-state index in [-0.39, 0.29) is 0 Å². The van der Waals surface area contributed by atoms with E-state index in [9.17, 15) is 5.26 Å². The standard InChI is InChI=1S/C28H27N3.C2H6/c1-30(2)25-13-6-20(7-14-25)18-31(17-16-29)19-24-11-10-23-9-8-21-4-3-5-22-12-15-26(24)28(23)27(21)22;1-2/h3,5-14H,4,15,17-19H2,1-2H3;1-2H3. The van der Waals surface area contributed by atoms with Crippen LogP contribution in [0.3, 0.4) is 0 Å².